The Morgan fingerprint density at radius 3 is 2.57 bits per heavy atom. The summed E-state index contributed by atoms with van der Waals surface area (Å²) >= 11 is 6.15. The maximum Gasteiger partial charge on any atom is 0.124 e. The Morgan fingerprint density at radius 2 is 1.86 bits per heavy atom. The third-order valence-electron chi connectivity index (χ3n) is 3.44. The summed E-state index contributed by atoms with van der Waals surface area (Å²) in [5.74, 6) is 0.0666. The number of halogens is 2. The highest BCUT2D eigenvalue weighted by Gasteiger charge is 2.26. The van der Waals surface area contributed by atoms with E-state index in [1.54, 1.807) is 6.07 Å². The van der Waals surface area contributed by atoms with Crippen molar-refractivity contribution in [1.29, 1.82) is 0 Å². The molecule has 0 aromatic heterocycles. The van der Waals surface area contributed by atoms with Crippen molar-refractivity contribution in [3.8, 4) is 0 Å². The van der Waals surface area contributed by atoms with E-state index in [1.165, 1.54) is 12.1 Å². The summed E-state index contributed by atoms with van der Waals surface area (Å²) in [5, 5.41) is 8.48. The molecule has 0 amide bonds. The number of nitrogens with zero attached hydrogens (tertiary/aromatic N) is 2. The molecular formula is C16H13ClFN3. The van der Waals surface area contributed by atoms with Gasteiger partial charge in [0.05, 0.1) is 10.7 Å². The largest absolute Gasteiger partial charge is 0.386 e. The van der Waals surface area contributed by atoms with Crippen LogP contribution in [0.3, 0.4) is 0 Å². The number of rotatable bonds is 2. The second kappa shape index (κ2) is 5.66. The molecule has 3 nitrogen and oxygen atoms in total. The van der Waals surface area contributed by atoms with Crippen LogP contribution in [0.15, 0.2) is 58.7 Å². The molecule has 1 aliphatic rings. The van der Waals surface area contributed by atoms with Gasteiger partial charge in [0.1, 0.15) is 11.7 Å². The van der Waals surface area contributed by atoms with E-state index in [-0.39, 0.29) is 11.7 Å². The lowest BCUT2D eigenvalue weighted by Gasteiger charge is -2.22. The SMILES string of the molecule is NC1=NN=C(c2ccc(F)cc2Cl)C(c2ccccc2)C1. The van der Waals surface area contributed by atoms with Gasteiger partial charge in [-0.1, -0.05) is 41.9 Å². The van der Waals surface area contributed by atoms with Crippen molar-refractivity contribution in [2.75, 3.05) is 0 Å². The monoisotopic (exact) mass is 301 g/mol. The Bertz CT molecular complexity index is 726. The predicted octanol–water partition coefficient (Wildman–Crippen LogP) is 3.73. The Hall–Kier alpha value is -2.20. The molecule has 1 unspecified atom stereocenters. The minimum Gasteiger partial charge on any atom is -0.386 e. The molecular weight excluding hydrogens is 289 g/mol. The first-order valence-corrected chi connectivity index (χ1v) is 6.93. The highest BCUT2D eigenvalue weighted by molar-refractivity contribution is 6.34. The average Bonchev–Trinajstić information content (AvgIpc) is 2.49. The predicted molar refractivity (Wildman–Crippen MR) is 83.4 cm³/mol. The zero-order chi connectivity index (χ0) is 14.8. The molecule has 1 heterocycles. The van der Waals surface area contributed by atoms with Gasteiger partial charge < -0.3 is 5.73 Å². The van der Waals surface area contributed by atoms with E-state index >= 15 is 0 Å². The average molecular weight is 302 g/mol. The van der Waals surface area contributed by atoms with E-state index in [0.29, 0.717) is 28.6 Å². The molecule has 0 fully saturated rings. The third kappa shape index (κ3) is 2.81. The summed E-state index contributed by atoms with van der Waals surface area (Å²) < 4.78 is 13.2. The van der Waals surface area contributed by atoms with Crippen LogP contribution in [-0.4, -0.2) is 11.5 Å². The molecule has 1 atom stereocenters. The second-order valence-corrected chi connectivity index (χ2v) is 5.28. The number of amidine groups is 1. The van der Waals surface area contributed by atoms with Crippen LogP contribution in [0.4, 0.5) is 4.39 Å². The third-order valence-corrected chi connectivity index (χ3v) is 3.75. The molecule has 2 aromatic carbocycles. The van der Waals surface area contributed by atoms with Gasteiger partial charge in [-0.25, -0.2) is 4.39 Å². The second-order valence-electron chi connectivity index (χ2n) is 4.87. The summed E-state index contributed by atoms with van der Waals surface area (Å²) in [6, 6.07) is 14.2. The zero-order valence-corrected chi connectivity index (χ0v) is 11.9. The Balaban J connectivity index is 2.08. The van der Waals surface area contributed by atoms with Gasteiger partial charge >= 0.3 is 0 Å². The smallest absolute Gasteiger partial charge is 0.124 e. The maximum absolute atomic E-state index is 13.2. The van der Waals surface area contributed by atoms with Crippen LogP contribution in [-0.2, 0) is 0 Å². The van der Waals surface area contributed by atoms with Gasteiger partial charge in [-0.2, -0.15) is 5.10 Å². The van der Waals surface area contributed by atoms with Crippen LogP contribution in [0.2, 0.25) is 5.02 Å². The van der Waals surface area contributed by atoms with Gasteiger partial charge in [-0.05, 0) is 23.8 Å². The minimum atomic E-state index is -0.376. The van der Waals surface area contributed by atoms with E-state index in [4.69, 9.17) is 17.3 Å². The van der Waals surface area contributed by atoms with Crippen LogP contribution < -0.4 is 5.73 Å². The highest BCUT2D eigenvalue weighted by Crippen LogP contribution is 2.31. The van der Waals surface area contributed by atoms with Crippen LogP contribution in [0, 0.1) is 5.82 Å². The van der Waals surface area contributed by atoms with Gasteiger partial charge in [0.15, 0.2) is 0 Å². The van der Waals surface area contributed by atoms with Crippen LogP contribution >= 0.6 is 11.6 Å². The molecule has 0 spiro atoms. The van der Waals surface area contributed by atoms with Gasteiger partial charge in [-0.3, -0.25) is 0 Å². The first kappa shape index (κ1) is 13.8. The van der Waals surface area contributed by atoms with Crippen molar-refractivity contribution in [2.24, 2.45) is 15.9 Å². The van der Waals surface area contributed by atoms with E-state index in [1.807, 2.05) is 30.3 Å². The number of hydrogen-bond donors (Lipinski definition) is 1. The van der Waals surface area contributed by atoms with Crippen molar-refractivity contribution in [3.05, 3.63) is 70.5 Å². The molecule has 21 heavy (non-hydrogen) atoms. The molecule has 0 saturated heterocycles. The Labute approximate surface area is 127 Å². The van der Waals surface area contributed by atoms with Gasteiger partial charge in [0.2, 0.25) is 0 Å². The summed E-state index contributed by atoms with van der Waals surface area (Å²) in [6.07, 6.45) is 0.566. The summed E-state index contributed by atoms with van der Waals surface area (Å²) in [6.45, 7) is 0. The van der Waals surface area contributed by atoms with Crippen LogP contribution in [0.5, 0.6) is 0 Å². The van der Waals surface area contributed by atoms with Crippen molar-refractivity contribution in [3.63, 3.8) is 0 Å². The van der Waals surface area contributed by atoms with Gasteiger partial charge in [-0.15, -0.1) is 5.10 Å². The van der Waals surface area contributed by atoms with Gasteiger partial charge in [0.25, 0.3) is 0 Å². The molecule has 2 N–H and O–H groups in total. The lowest BCUT2D eigenvalue weighted by atomic mass is 9.86. The van der Waals surface area contributed by atoms with Crippen molar-refractivity contribution in [2.45, 2.75) is 12.3 Å². The minimum absolute atomic E-state index is 0.0355. The zero-order valence-electron chi connectivity index (χ0n) is 11.1. The standard InChI is InChI=1S/C16H13ClFN3/c17-14-8-11(18)6-7-12(14)16-13(9-15(19)20-21-16)10-4-2-1-3-5-10/h1-8,13H,9H2,(H2,19,20). The lowest BCUT2D eigenvalue weighted by Crippen LogP contribution is -2.26. The molecule has 0 radical (unpaired) electrons. The maximum atomic E-state index is 13.2. The molecule has 0 saturated carbocycles. The summed E-state index contributed by atoms with van der Waals surface area (Å²) in [5.41, 5.74) is 8.29. The molecule has 1 aliphatic heterocycles. The van der Waals surface area contributed by atoms with E-state index in [2.05, 4.69) is 10.2 Å². The molecule has 106 valence electrons. The fourth-order valence-electron chi connectivity index (χ4n) is 2.43. The topological polar surface area (TPSA) is 50.7 Å². The number of hydrogen-bond acceptors (Lipinski definition) is 3. The van der Waals surface area contributed by atoms with Crippen LogP contribution in [0.25, 0.3) is 0 Å². The van der Waals surface area contributed by atoms with Crippen molar-refractivity contribution < 1.29 is 4.39 Å². The summed E-state index contributed by atoms with van der Waals surface area (Å²) in [7, 11) is 0. The van der Waals surface area contributed by atoms with E-state index in [9.17, 15) is 4.39 Å². The first-order valence-electron chi connectivity index (χ1n) is 6.55. The fourth-order valence-corrected chi connectivity index (χ4v) is 2.70. The van der Waals surface area contributed by atoms with Crippen molar-refractivity contribution >= 4 is 23.1 Å². The van der Waals surface area contributed by atoms with E-state index < -0.39 is 0 Å². The molecule has 0 bridgehead atoms. The lowest BCUT2D eigenvalue weighted by molar-refractivity contribution is 0.628. The fraction of sp³-hybridized carbons (Fsp3) is 0.125. The Kier molecular flexibility index (Phi) is 3.71. The normalized spacial score (nSPS) is 18.1. The first-order chi connectivity index (χ1) is 10.1. The van der Waals surface area contributed by atoms with E-state index in [0.717, 1.165) is 5.56 Å². The molecule has 2 aromatic rings. The Morgan fingerprint density at radius 1 is 1.10 bits per heavy atom. The number of nitrogens with two attached hydrogens (primary N) is 1. The van der Waals surface area contributed by atoms with Crippen molar-refractivity contribution in [1.82, 2.24) is 0 Å². The highest BCUT2D eigenvalue weighted by atomic mass is 35.5. The van der Waals surface area contributed by atoms with Gasteiger partial charge in [0, 0.05) is 17.9 Å². The summed E-state index contributed by atoms with van der Waals surface area (Å²) in [4.78, 5) is 0. The molecule has 3 rings (SSSR count). The molecule has 0 aliphatic carbocycles. The molecule has 5 heteroatoms. The quantitative estimate of drug-likeness (QED) is 0.903. The number of benzene rings is 2. The van der Waals surface area contributed by atoms with Crippen LogP contribution in [0.1, 0.15) is 23.5 Å².